The summed E-state index contributed by atoms with van der Waals surface area (Å²) in [4.78, 5) is 12.7. The second-order valence-corrected chi connectivity index (χ2v) is 11.3. The van der Waals surface area contributed by atoms with Crippen molar-refractivity contribution < 1.29 is 30.8 Å². The summed E-state index contributed by atoms with van der Waals surface area (Å²) < 4.78 is 73.1. The van der Waals surface area contributed by atoms with Crippen molar-refractivity contribution in [3.05, 3.63) is 84.2 Å². The molecule has 184 valence electrons. The second kappa shape index (κ2) is 10.1. The van der Waals surface area contributed by atoms with Gasteiger partial charge >= 0.3 is 0 Å². The number of carbonyl (C=O) groups excluding carboxylic acids is 1. The van der Waals surface area contributed by atoms with E-state index in [1.165, 1.54) is 65.0 Å². The molecule has 0 aliphatic carbocycles. The van der Waals surface area contributed by atoms with Crippen LogP contribution in [0.5, 0.6) is 0 Å². The summed E-state index contributed by atoms with van der Waals surface area (Å²) in [7, 11) is -7.79. The van der Waals surface area contributed by atoms with Crippen molar-refractivity contribution >= 4 is 37.3 Å². The van der Waals surface area contributed by atoms with Gasteiger partial charge in [0.2, 0.25) is 10.0 Å². The number of amides is 1. The minimum Gasteiger partial charge on any atom is -0.379 e. The molecule has 12 heteroatoms. The van der Waals surface area contributed by atoms with E-state index in [1.807, 2.05) is 0 Å². The molecule has 1 aliphatic heterocycles. The van der Waals surface area contributed by atoms with Gasteiger partial charge in [-0.15, -0.1) is 0 Å². The molecule has 1 heterocycles. The lowest BCUT2D eigenvalue weighted by Gasteiger charge is -2.26. The van der Waals surface area contributed by atoms with E-state index in [-0.39, 0.29) is 39.8 Å². The predicted molar refractivity (Wildman–Crippen MR) is 128 cm³/mol. The molecular weight excluding hydrogens is 497 g/mol. The molecular formula is C23H22FN3O6S2. The molecule has 0 bridgehead atoms. The first-order valence-corrected chi connectivity index (χ1v) is 13.5. The zero-order valence-electron chi connectivity index (χ0n) is 18.3. The van der Waals surface area contributed by atoms with Crippen LogP contribution < -0.4 is 10.0 Å². The number of anilines is 2. The van der Waals surface area contributed by atoms with Gasteiger partial charge in [-0.2, -0.15) is 4.31 Å². The van der Waals surface area contributed by atoms with Crippen LogP contribution in [0.1, 0.15) is 10.4 Å². The molecule has 3 aromatic rings. The standard InChI is InChI=1S/C23H22FN3O6S2/c24-18-7-9-19(10-8-18)26-34(29,30)21-5-1-3-17(15-21)23(28)25-20-4-2-6-22(16-20)35(31,32)27-11-13-33-14-12-27/h1-10,15-16,26H,11-14H2,(H,25,28). The van der Waals surface area contributed by atoms with Crippen molar-refractivity contribution in [3.63, 3.8) is 0 Å². The van der Waals surface area contributed by atoms with Gasteiger partial charge in [0.25, 0.3) is 15.9 Å². The number of nitrogens with one attached hydrogen (secondary N) is 2. The SMILES string of the molecule is O=C(Nc1cccc(S(=O)(=O)N2CCOCC2)c1)c1cccc(S(=O)(=O)Nc2ccc(F)cc2)c1. The van der Waals surface area contributed by atoms with Gasteiger partial charge in [0, 0.05) is 30.0 Å². The van der Waals surface area contributed by atoms with Crippen LogP contribution in [0, 0.1) is 5.82 Å². The Labute approximate surface area is 202 Å². The maximum absolute atomic E-state index is 13.1. The molecule has 0 radical (unpaired) electrons. The van der Waals surface area contributed by atoms with Crippen LogP contribution in [0.4, 0.5) is 15.8 Å². The monoisotopic (exact) mass is 519 g/mol. The predicted octanol–water partition coefficient (Wildman–Crippen LogP) is 2.90. The lowest BCUT2D eigenvalue weighted by Crippen LogP contribution is -2.40. The number of nitrogens with zero attached hydrogens (tertiary/aromatic N) is 1. The number of hydrogen-bond donors (Lipinski definition) is 2. The normalized spacial score (nSPS) is 14.9. The van der Waals surface area contributed by atoms with Gasteiger partial charge < -0.3 is 10.1 Å². The number of rotatable bonds is 7. The molecule has 3 aromatic carbocycles. The summed E-state index contributed by atoms with van der Waals surface area (Å²) in [5.74, 6) is -1.13. The van der Waals surface area contributed by atoms with E-state index in [9.17, 15) is 26.0 Å². The average molecular weight is 520 g/mol. The van der Waals surface area contributed by atoms with Crippen LogP contribution in [-0.2, 0) is 24.8 Å². The van der Waals surface area contributed by atoms with Crippen molar-refractivity contribution in [1.29, 1.82) is 0 Å². The van der Waals surface area contributed by atoms with Crippen LogP contribution in [0.15, 0.2) is 82.6 Å². The highest BCUT2D eigenvalue weighted by Gasteiger charge is 2.26. The molecule has 2 N–H and O–H groups in total. The van der Waals surface area contributed by atoms with Crippen LogP contribution in [0.2, 0.25) is 0 Å². The molecule has 0 spiro atoms. The highest BCUT2D eigenvalue weighted by molar-refractivity contribution is 7.92. The van der Waals surface area contributed by atoms with Crippen LogP contribution in [0.25, 0.3) is 0 Å². The Balaban J connectivity index is 1.51. The molecule has 1 saturated heterocycles. The number of hydrogen-bond acceptors (Lipinski definition) is 6. The zero-order chi connectivity index (χ0) is 25.1. The first-order valence-electron chi connectivity index (χ1n) is 10.5. The van der Waals surface area contributed by atoms with Gasteiger partial charge in [-0.1, -0.05) is 12.1 Å². The van der Waals surface area contributed by atoms with Crippen molar-refractivity contribution in [1.82, 2.24) is 4.31 Å². The number of sulfonamides is 2. The summed E-state index contributed by atoms with van der Waals surface area (Å²) in [5.41, 5.74) is 0.454. The number of morpholine rings is 1. The van der Waals surface area contributed by atoms with Gasteiger partial charge in [0.1, 0.15) is 5.82 Å². The Hall–Kier alpha value is -3.32. The Kier molecular flexibility index (Phi) is 7.17. The number of halogens is 1. The Morgan fingerprint density at radius 2 is 1.49 bits per heavy atom. The van der Waals surface area contributed by atoms with E-state index >= 15 is 0 Å². The average Bonchev–Trinajstić information content (AvgIpc) is 2.86. The fraction of sp³-hybridized carbons (Fsp3) is 0.174. The lowest BCUT2D eigenvalue weighted by atomic mass is 10.2. The highest BCUT2D eigenvalue weighted by Crippen LogP contribution is 2.22. The Morgan fingerprint density at radius 3 is 2.20 bits per heavy atom. The molecule has 35 heavy (non-hydrogen) atoms. The van der Waals surface area contributed by atoms with E-state index in [0.717, 1.165) is 12.1 Å². The third kappa shape index (κ3) is 5.85. The molecule has 1 amide bonds. The second-order valence-electron chi connectivity index (χ2n) is 7.64. The molecule has 0 atom stereocenters. The maximum Gasteiger partial charge on any atom is 0.261 e. The third-order valence-electron chi connectivity index (χ3n) is 5.20. The minimum absolute atomic E-state index is 0.0250. The van der Waals surface area contributed by atoms with Crippen molar-refractivity contribution in [2.45, 2.75) is 9.79 Å². The van der Waals surface area contributed by atoms with Gasteiger partial charge in [-0.25, -0.2) is 21.2 Å². The van der Waals surface area contributed by atoms with E-state index < -0.39 is 31.8 Å². The van der Waals surface area contributed by atoms with E-state index in [2.05, 4.69) is 10.0 Å². The fourth-order valence-electron chi connectivity index (χ4n) is 3.41. The molecule has 9 nitrogen and oxygen atoms in total. The summed E-state index contributed by atoms with van der Waals surface area (Å²) in [5, 5.41) is 2.60. The summed E-state index contributed by atoms with van der Waals surface area (Å²) in [6, 6.07) is 16.0. The Morgan fingerprint density at radius 1 is 0.829 bits per heavy atom. The Bertz CT molecular complexity index is 1440. The van der Waals surface area contributed by atoms with Gasteiger partial charge in [-0.3, -0.25) is 9.52 Å². The smallest absolute Gasteiger partial charge is 0.261 e. The fourth-order valence-corrected chi connectivity index (χ4v) is 5.97. The molecule has 0 unspecified atom stereocenters. The molecule has 0 aromatic heterocycles. The third-order valence-corrected chi connectivity index (χ3v) is 8.48. The molecule has 4 rings (SSSR count). The first kappa shape index (κ1) is 24.8. The number of ether oxygens (including phenoxy) is 1. The highest BCUT2D eigenvalue weighted by atomic mass is 32.2. The minimum atomic E-state index is -4.04. The molecule has 1 aliphatic rings. The largest absolute Gasteiger partial charge is 0.379 e. The van der Waals surface area contributed by atoms with Crippen molar-refractivity contribution in [2.24, 2.45) is 0 Å². The van der Waals surface area contributed by atoms with E-state index in [4.69, 9.17) is 4.74 Å². The number of carbonyl (C=O) groups is 1. The van der Waals surface area contributed by atoms with Gasteiger partial charge in [0.05, 0.1) is 23.0 Å². The zero-order valence-corrected chi connectivity index (χ0v) is 20.0. The summed E-state index contributed by atoms with van der Waals surface area (Å²) in [6.45, 7) is 1.11. The molecule has 0 saturated carbocycles. The van der Waals surface area contributed by atoms with E-state index in [0.29, 0.717) is 13.2 Å². The van der Waals surface area contributed by atoms with Crippen LogP contribution in [0.3, 0.4) is 0 Å². The van der Waals surface area contributed by atoms with E-state index in [1.54, 1.807) is 0 Å². The van der Waals surface area contributed by atoms with Crippen molar-refractivity contribution in [2.75, 3.05) is 36.3 Å². The quantitative estimate of drug-likeness (QED) is 0.495. The van der Waals surface area contributed by atoms with Crippen LogP contribution >= 0.6 is 0 Å². The number of benzene rings is 3. The topological polar surface area (TPSA) is 122 Å². The van der Waals surface area contributed by atoms with Gasteiger partial charge in [0.15, 0.2) is 0 Å². The first-order chi connectivity index (χ1) is 16.6. The molecule has 1 fully saturated rings. The summed E-state index contributed by atoms with van der Waals surface area (Å²) >= 11 is 0. The van der Waals surface area contributed by atoms with Crippen LogP contribution in [-0.4, -0.2) is 53.4 Å². The van der Waals surface area contributed by atoms with Crippen molar-refractivity contribution in [3.8, 4) is 0 Å². The lowest BCUT2D eigenvalue weighted by molar-refractivity contribution is 0.0730. The van der Waals surface area contributed by atoms with Gasteiger partial charge in [-0.05, 0) is 60.7 Å². The summed E-state index contributed by atoms with van der Waals surface area (Å²) in [6.07, 6.45) is 0. The maximum atomic E-state index is 13.1.